The van der Waals surface area contributed by atoms with Crippen LogP contribution in [0.5, 0.6) is 5.75 Å². The van der Waals surface area contributed by atoms with Crippen molar-refractivity contribution in [2.45, 2.75) is 52.9 Å². The lowest BCUT2D eigenvalue weighted by Gasteiger charge is -2.22. The second-order valence-corrected chi connectivity index (χ2v) is 7.07. The first-order valence-corrected chi connectivity index (χ1v) is 9.32. The first-order valence-electron chi connectivity index (χ1n) is 9.32. The largest absolute Gasteiger partial charge is 0.434 e. The summed E-state index contributed by atoms with van der Waals surface area (Å²) in [7, 11) is 0. The monoisotopic (exact) mass is 514 g/mol. The Hall–Kier alpha value is -1.23. The van der Waals surface area contributed by atoms with Crippen LogP contribution >= 0.6 is 24.0 Å². The van der Waals surface area contributed by atoms with E-state index in [1.807, 2.05) is 6.92 Å². The van der Waals surface area contributed by atoms with Crippen LogP contribution in [0.3, 0.4) is 0 Å². The van der Waals surface area contributed by atoms with Crippen molar-refractivity contribution in [2.24, 2.45) is 10.9 Å². The number of guanidine groups is 1. The average Bonchev–Trinajstić information content (AvgIpc) is 2.95. The minimum Gasteiger partial charge on any atom is -0.434 e. The fraction of sp³-hybridized carbons (Fsp3) is 0.632. The van der Waals surface area contributed by atoms with E-state index >= 15 is 0 Å². The van der Waals surface area contributed by atoms with E-state index < -0.39 is 12.4 Å². The summed E-state index contributed by atoms with van der Waals surface area (Å²) in [5, 5.41) is 6.52. The normalized spacial score (nSPS) is 20.4. The molecule has 1 aliphatic heterocycles. The van der Waals surface area contributed by atoms with Gasteiger partial charge in [0, 0.05) is 31.7 Å². The number of nitrogens with one attached hydrogen (secondary N) is 2. The molecule has 1 saturated heterocycles. The van der Waals surface area contributed by atoms with Gasteiger partial charge in [0.1, 0.15) is 11.6 Å². The highest BCUT2D eigenvalue weighted by Crippen LogP contribution is 2.24. The molecule has 0 bridgehead atoms. The van der Waals surface area contributed by atoms with Crippen molar-refractivity contribution in [3.05, 3.63) is 29.6 Å². The maximum absolute atomic E-state index is 14.1. The van der Waals surface area contributed by atoms with Crippen LogP contribution in [0.2, 0.25) is 0 Å². The molecular formula is C19H30F3IN4O. The Kier molecular flexibility index (Phi) is 10.4. The molecule has 1 aliphatic rings. The smallest absolute Gasteiger partial charge is 0.387 e. The molecule has 1 heterocycles. The zero-order chi connectivity index (χ0) is 20.0. The lowest BCUT2D eigenvalue weighted by atomic mass is 10.1. The number of halogens is 4. The Labute approximate surface area is 182 Å². The highest BCUT2D eigenvalue weighted by Gasteiger charge is 2.31. The minimum absolute atomic E-state index is 0. The zero-order valence-corrected chi connectivity index (χ0v) is 19.0. The van der Waals surface area contributed by atoms with Gasteiger partial charge in [-0.05, 0) is 38.8 Å². The molecule has 28 heavy (non-hydrogen) atoms. The van der Waals surface area contributed by atoms with Gasteiger partial charge in [-0.15, -0.1) is 24.0 Å². The van der Waals surface area contributed by atoms with E-state index in [2.05, 4.69) is 46.0 Å². The number of hydrogen-bond donors (Lipinski definition) is 2. The van der Waals surface area contributed by atoms with Crippen molar-refractivity contribution < 1.29 is 17.9 Å². The first kappa shape index (κ1) is 24.8. The molecule has 5 nitrogen and oxygen atoms in total. The summed E-state index contributed by atoms with van der Waals surface area (Å²) in [5.74, 6) is 0.159. The average molecular weight is 514 g/mol. The van der Waals surface area contributed by atoms with Gasteiger partial charge in [-0.25, -0.2) is 9.38 Å². The third-order valence-corrected chi connectivity index (χ3v) is 4.72. The molecule has 0 aromatic heterocycles. The number of alkyl halides is 2. The summed E-state index contributed by atoms with van der Waals surface area (Å²) in [5.41, 5.74) is 0.0123. The van der Waals surface area contributed by atoms with Crippen molar-refractivity contribution in [3.8, 4) is 5.75 Å². The lowest BCUT2D eigenvalue weighted by Crippen LogP contribution is -2.46. The van der Waals surface area contributed by atoms with Crippen LogP contribution in [0.4, 0.5) is 13.2 Å². The van der Waals surface area contributed by atoms with Crippen LogP contribution in [0, 0.1) is 11.7 Å². The molecule has 0 aliphatic carbocycles. The van der Waals surface area contributed by atoms with Crippen molar-refractivity contribution >= 4 is 29.9 Å². The first-order chi connectivity index (χ1) is 12.8. The number of rotatable bonds is 7. The summed E-state index contributed by atoms with van der Waals surface area (Å²) in [4.78, 5) is 6.78. The van der Waals surface area contributed by atoms with Gasteiger partial charge in [0.15, 0.2) is 5.96 Å². The van der Waals surface area contributed by atoms with Crippen LogP contribution < -0.4 is 15.4 Å². The molecule has 0 radical (unpaired) electrons. The van der Waals surface area contributed by atoms with Gasteiger partial charge in [0.25, 0.3) is 0 Å². The molecule has 2 rings (SSSR count). The molecule has 0 saturated carbocycles. The topological polar surface area (TPSA) is 48.9 Å². The number of ether oxygens (including phenoxy) is 1. The highest BCUT2D eigenvalue weighted by atomic mass is 127. The van der Waals surface area contributed by atoms with Crippen LogP contribution in [0.15, 0.2) is 23.2 Å². The number of likely N-dealkylation sites (tertiary alicyclic amines) is 1. The summed E-state index contributed by atoms with van der Waals surface area (Å²) in [6.45, 7) is 7.85. The predicted molar refractivity (Wildman–Crippen MR) is 116 cm³/mol. The number of hydrogen-bond acceptors (Lipinski definition) is 3. The maximum Gasteiger partial charge on any atom is 0.387 e. The molecule has 9 heteroatoms. The maximum atomic E-state index is 14.1. The Bertz CT molecular complexity index is 646. The van der Waals surface area contributed by atoms with Crippen molar-refractivity contribution in [1.82, 2.24) is 15.5 Å². The lowest BCUT2D eigenvalue weighted by molar-refractivity contribution is -0.0506. The van der Waals surface area contributed by atoms with E-state index in [1.165, 1.54) is 18.2 Å². The van der Waals surface area contributed by atoms with Gasteiger partial charge >= 0.3 is 6.61 Å². The minimum atomic E-state index is -3.01. The van der Waals surface area contributed by atoms with E-state index in [1.54, 1.807) is 0 Å². The fourth-order valence-corrected chi connectivity index (χ4v) is 3.17. The highest BCUT2D eigenvalue weighted by molar-refractivity contribution is 14.0. The zero-order valence-electron chi connectivity index (χ0n) is 16.7. The summed E-state index contributed by atoms with van der Waals surface area (Å²) >= 11 is 0. The predicted octanol–water partition coefficient (Wildman–Crippen LogP) is 3.83. The van der Waals surface area contributed by atoms with Crippen LogP contribution in [-0.2, 0) is 6.54 Å². The molecule has 1 fully saturated rings. The van der Waals surface area contributed by atoms with E-state index in [4.69, 9.17) is 0 Å². The number of aliphatic imine (C=N–C) groups is 1. The molecule has 2 atom stereocenters. The van der Waals surface area contributed by atoms with Gasteiger partial charge in [0.05, 0.1) is 12.1 Å². The van der Waals surface area contributed by atoms with Gasteiger partial charge in [-0.3, -0.25) is 4.90 Å². The Morgan fingerprint density at radius 3 is 2.61 bits per heavy atom. The van der Waals surface area contributed by atoms with E-state index in [9.17, 15) is 13.2 Å². The van der Waals surface area contributed by atoms with Gasteiger partial charge < -0.3 is 15.4 Å². The third-order valence-electron chi connectivity index (χ3n) is 4.72. The molecular weight excluding hydrogens is 484 g/mol. The summed E-state index contributed by atoms with van der Waals surface area (Å²) in [6.07, 6.45) is 0. The van der Waals surface area contributed by atoms with Crippen LogP contribution in [-0.4, -0.2) is 49.2 Å². The third kappa shape index (κ3) is 6.98. The molecule has 1 aromatic rings. The van der Waals surface area contributed by atoms with Gasteiger partial charge in [-0.2, -0.15) is 8.78 Å². The quantitative estimate of drug-likeness (QED) is 0.330. The molecule has 160 valence electrons. The van der Waals surface area contributed by atoms with E-state index in [-0.39, 0.29) is 47.9 Å². The van der Waals surface area contributed by atoms with Crippen molar-refractivity contribution in [3.63, 3.8) is 0 Å². The Morgan fingerprint density at radius 2 is 2.04 bits per heavy atom. The molecule has 1 aromatic carbocycles. The van der Waals surface area contributed by atoms with E-state index in [0.717, 1.165) is 13.1 Å². The fourth-order valence-electron chi connectivity index (χ4n) is 3.17. The van der Waals surface area contributed by atoms with Crippen LogP contribution in [0.25, 0.3) is 0 Å². The summed E-state index contributed by atoms with van der Waals surface area (Å²) < 4.78 is 43.6. The SMILES string of the molecule is CCNC(=NCc1c(F)cccc1OC(F)F)NC1CN(C(C)C)CC1C.I. The van der Waals surface area contributed by atoms with E-state index in [0.29, 0.717) is 24.5 Å². The molecule has 2 unspecified atom stereocenters. The van der Waals surface area contributed by atoms with Crippen LogP contribution in [0.1, 0.15) is 33.3 Å². The second kappa shape index (κ2) is 11.7. The van der Waals surface area contributed by atoms with Crippen molar-refractivity contribution in [1.29, 1.82) is 0 Å². The molecule has 2 N–H and O–H groups in total. The Morgan fingerprint density at radius 1 is 1.32 bits per heavy atom. The molecule has 0 amide bonds. The second-order valence-electron chi connectivity index (χ2n) is 7.07. The van der Waals surface area contributed by atoms with Crippen molar-refractivity contribution in [2.75, 3.05) is 19.6 Å². The van der Waals surface area contributed by atoms with Gasteiger partial charge in [0.2, 0.25) is 0 Å². The molecule has 0 spiro atoms. The standard InChI is InChI=1S/C19H29F3N4O.HI/c1-5-23-19(25-16-11-26(12(2)3)10-13(16)4)24-9-14-15(20)7-6-8-17(14)27-18(21)22;/h6-8,12-13,16,18H,5,9-11H2,1-4H3,(H2,23,24,25);1H. The Balaban J connectivity index is 0.00000392. The van der Waals surface area contributed by atoms with Gasteiger partial charge in [-0.1, -0.05) is 13.0 Å². The number of benzene rings is 1. The summed E-state index contributed by atoms with van der Waals surface area (Å²) in [6, 6.07) is 4.54. The number of nitrogens with zero attached hydrogens (tertiary/aromatic N) is 2.